The van der Waals surface area contributed by atoms with Crippen LogP contribution < -0.4 is 9.47 Å². The molecule has 4 rings (SSSR count). The number of nitriles is 1. The summed E-state index contributed by atoms with van der Waals surface area (Å²) in [4.78, 5) is 0. The average Bonchev–Trinajstić information content (AvgIpc) is 2.88. The summed E-state index contributed by atoms with van der Waals surface area (Å²) in [5, 5.41) is 18.6. The Morgan fingerprint density at radius 3 is 2.96 bits per heavy atom. The van der Waals surface area contributed by atoms with Gasteiger partial charge in [0.15, 0.2) is 17.3 Å². The fraction of sp³-hybridized carbons (Fsp3) is 0.389. The quantitative estimate of drug-likeness (QED) is 0.770. The lowest BCUT2D eigenvalue weighted by Gasteiger charge is -2.19. The molecule has 0 N–H and O–H groups in total. The molecule has 2 aliphatic rings. The number of benzene rings is 1. The van der Waals surface area contributed by atoms with Crippen molar-refractivity contribution < 1.29 is 9.47 Å². The zero-order valence-corrected chi connectivity index (χ0v) is 14.4. The van der Waals surface area contributed by atoms with Gasteiger partial charge in [0, 0.05) is 13.0 Å². The van der Waals surface area contributed by atoms with Gasteiger partial charge in [-0.1, -0.05) is 18.0 Å². The molecule has 0 atom stereocenters. The number of halogens is 1. The van der Waals surface area contributed by atoms with Crippen LogP contribution in [-0.2, 0) is 13.0 Å². The summed E-state index contributed by atoms with van der Waals surface area (Å²) >= 11 is 6.29. The molecule has 0 saturated carbocycles. The molecule has 3 heterocycles. The van der Waals surface area contributed by atoms with Gasteiger partial charge < -0.3 is 14.0 Å². The summed E-state index contributed by atoms with van der Waals surface area (Å²) < 4.78 is 13.2. The summed E-state index contributed by atoms with van der Waals surface area (Å²) in [5.41, 5.74) is 1.24. The molecule has 0 aliphatic carbocycles. The second-order valence-corrected chi connectivity index (χ2v) is 6.51. The minimum absolute atomic E-state index is 0.466. The third-order valence-electron chi connectivity index (χ3n) is 4.40. The Kier molecular flexibility index (Phi) is 4.33. The highest BCUT2D eigenvalue weighted by Crippen LogP contribution is 2.39. The van der Waals surface area contributed by atoms with E-state index in [-0.39, 0.29) is 0 Å². The van der Waals surface area contributed by atoms with Crippen molar-refractivity contribution in [2.75, 3.05) is 13.2 Å². The van der Waals surface area contributed by atoms with Crippen molar-refractivity contribution in [1.29, 1.82) is 5.26 Å². The van der Waals surface area contributed by atoms with Crippen LogP contribution >= 0.6 is 11.6 Å². The molecule has 0 saturated heterocycles. The summed E-state index contributed by atoms with van der Waals surface area (Å²) in [6, 6.07) is 5.85. The number of hydrogen-bond acceptors (Lipinski definition) is 5. The largest absolute Gasteiger partial charge is 0.486 e. The molecule has 7 heteroatoms. The van der Waals surface area contributed by atoms with Crippen molar-refractivity contribution in [3.05, 3.63) is 34.4 Å². The fourth-order valence-electron chi connectivity index (χ4n) is 3.21. The van der Waals surface area contributed by atoms with E-state index in [0.29, 0.717) is 41.1 Å². The number of nitrogens with zero attached hydrogens (tertiary/aromatic N) is 4. The fourth-order valence-corrected chi connectivity index (χ4v) is 3.49. The van der Waals surface area contributed by atoms with E-state index in [4.69, 9.17) is 21.1 Å². The number of ether oxygens (including phenoxy) is 2. The number of rotatable bonds is 2. The van der Waals surface area contributed by atoms with E-state index in [1.165, 1.54) is 6.42 Å². The standard InChI is InChI=1S/C18H17ClN4O2/c19-14-9-12(10-15-17(14)25-7-6-24-15)8-13(11-20)18-22-21-16-4-2-1-3-5-23(16)18/h8-10H,1-7H2/b13-8+. The van der Waals surface area contributed by atoms with Crippen molar-refractivity contribution in [3.8, 4) is 17.6 Å². The first-order valence-electron chi connectivity index (χ1n) is 8.39. The van der Waals surface area contributed by atoms with Crippen LogP contribution in [0.4, 0.5) is 0 Å². The number of aryl methyl sites for hydroxylation is 1. The van der Waals surface area contributed by atoms with Crippen LogP contribution in [-0.4, -0.2) is 28.0 Å². The third-order valence-corrected chi connectivity index (χ3v) is 4.68. The molecular formula is C18H17ClN4O2. The van der Waals surface area contributed by atoms with Gasteiger partial charge in [-0.25, -0.2) is 0 Å². The molecule has 1 aromatic carbocycles. The summed E-state index contributed by atoms with van der Waals surface area (Å²) in [6.07, 6.45) is 6.04. The van der Waals surface area contributed by atoms with Crippen LogP contribution in [0.2, 0.25) is 5.02 Å². The molecule has 0 unspecified atom stereocenters. The molecule has 0 spiro atoms. The van der Waals surface area contributed by atoms with E-state index in [2.05, 4.69) is 20.8 Å². The molecule has 0 bridgehead atoms. The Balaban J connectivity index is 1.74. The first-order chi connectivity index (χ1) is 12.3. The van der Waals surface area contributed by atoms with Crippen molar-refractivity contribution in [2.45, 2.75) is 32.2 Å². The maximum Gasteiger partial charge on any atom is 0.179 e. The summed E-state index contributed by atoms with van der Waals surface area (Å²) in [7, 11) is 0. The SMILES string of the molecule is N#C/C(=C\c1cc(Cl)c2c(c1)OCCO2)c1nnc2n1CCCCC2. The van der Waals surface area contributed by atoms with Gasteiger partial charge in [0.05, 0.1) is 10.6 Å². The summed E-state index contributed by atoms with van der Waals surface area (Å²) in [5.74, 6) is 2.72. The third kappa shape index (κ3) is 3.08. The Hall–Kier alpha value is -2.52. The molecule has 0 amide bonds. The number of allylic oxidation sites excluding steroid dienone is 1. The molecule has 6 nitrogen and oxygen atoms in total. The first-order valence-corrected chi connectivity index (χ1v) is 8.77. The smallest absolute Gasteiger partial charge is 0.179 e. The molecular weight excluding hydrogens is 340 g/mol. The molecule has 0 radical (unpaired) electrons. The lowest BCUT2D eigenvalue weighted by atomic mass is 10.1. The second-order valence-electron chi connectivity index (χ2n) is 6.10. The van der Waals surface area contributed by atoms with Crippen molar-refractivity contribution >= 4 is 23.3 Å². The van der Waals surface area contributed by atoms with Crippen molar-refractivity contribution in [2.24, 2.45) is 0 Å². The first kappa shape index (κ1) is 16.0. The van der Waals surface area contributed by atoms with Crippen LogP contribution in [0.25, 0.3) is 11.6 Å². The predicted molar refractivity (Wildman–Crippen MR) is 93.5 cm³/mol. The predicted octanol–water partition coefficient (Wildman–Crippen LogP) is 3.49. The van der Waals surface area contributed by atoms with Crippen LogP contribution in [0.15, 0.2) is 12.1 Å². The molecule has 25 heavy (non-hydrogen) atoms. The normalized spacial score (nSPS) is 16.7. The summed E-state index contributed by atoms with van der Waals surface area (Å²) in [6.45, 7) is 1.81. The molecule has 1 aromatic heterocycles. The second kappa shape index (κ2) is 6.77. The lowest BCUT2D eigenvalue weighted by Crippen LogP contribution is -2.15. The highest BCUT2D eigenvalue weighted by molar-refractivity contribution is 6.32. The van der Waals surface area contributed by atoms with Gasteiger partial charge in [0.25, 0.3) is 0 Å². The zero-order valence-electron chi connectivity index (χ0n) is 13.7. The average molecular weight is 357 g/mol. The monoisotopic (exact) mass is 356 g/mol. The van der Waals surface area contributed by atoms with Crippen LogP contribution in [0, 0.1) is 11.3 Å². The Morgan fingerprint density at radius 1 is 1.20 bits per heavy atom. The zero-order chi connectivity index (χ0) is 17.2. The van der Waals surface area contributed by atoms with Crippen molar-refractivity contribution in [3.63, 3.8) is 0 Å². The van der Waals surface area contributed by atoms with Gasteiger partial charge in [0.1, 0.15) is 25.1 Å². The maximum absolute atomic E-state index is 9.65. The topological polar surface area (TPSA) is 73.0 Å². The minimum atomic E-state index is 0.466. The van der Waals surface area contributed by atoms with E-state index in [1.54, 1.807) is 12.1 Å². The van der Waals surface area contributed by atoms with Gasteiger partial charge in [-0.05, 0) is 36.6 Å². The van der Waals surface area contributed by atoms with Gasteiger partial charge in [0.2, 0.25) is 0 Å². The Labute approximate surface area is 150 Å². The van der Waals surface area contributed by atoms with Gasteiger partial charge in [-0.3, -0.25) is 0 Å². The van der Waals surface area contributed by atoms with Crippen LogP contribution in [0.5, 0.6) is 11.5 Å². The highest BCUT2D eigenvalue weighted by atomic mass is 35.5. The lowest BCUT2D eigenvalue weighted by molar-refractivity contribution is 0.171. The molecule has 2 aromatic rings. The van der Waals surface area contributed by atoms with Gasteiger partial charge >= 0.3 is 0 Å². The maximum atomic E-state index is 9.65. The van der Waals surface area contributed by atoms with Gasteiger partial charge in [-0.15, -0.1) is 10.2 Å². The molecule has 0 fully saturated rings. The highest BCUT2D eigenvalue weighted by Gasteiger charge is 2.19. The number of fused-ring (bicyclic) bond motifs is 2. The minimum Gasteiger partial charge on any atom is -0.486 e. The molecule has 128 valence electrons. The van der Waals surface area contributed by atoms with Gasteiger partial charge in [-0.2, -0.15) is 5.26 Å². The van der Waals surface area contributed by atoms with E-state index in [1.807, 2.05) is 6.07 Å². The van der Waals surface area contributed by atoms with Crippen LogP contribution in [0.1, 0.15) is 36.5 Å². The van der Waals surface area contributed by atoms with Crippen LogP contribution in [0.3, 0.4) is 0 Å². The Bertz CT molecular complexity index is 882. The van der Waals surface area contributed by atoms with E-state index in [0.717, 1.165) is 37.2 Å². The van der Waals surface area contributed by atoms with Crippen molar-refractivity contribution in [1.82, 2.24) is 14.8 Å². The van der Waals surface area contributed by atoms with E-state index >= 15 is 0 Å². The molecule has 2 aliphatic heterocycles. The van der Waals surface area contributed by atoms with E-state index in [9.17, 15) is 5.26 Å². The van der Waals surface area contributed by atoms with E-state index < -0.39 is 0 Å². The number of hydrogen-bond donors (Lipinski definition) is 0. The number of aromatic nitrogens is 3. The Morgan fingerprint density at radius 2 is 2.08 bits per heavy atom.